The van der Waals surface area contributed by atoms with Crippen LogP contribution in [0.1, 0.15) is 30.4 Å². The van der Waals surface area contributed by atoms with E-state index in [2.05, 4.69) is 0 Å². The zero-order chi connectivity index (χ0) is 14.5. The quantitative estimate of drug-likeness (QED) is 0.855. The molecular weight excluding hydrogens is 275 g/mol. The molecule has 2 rings (SSSR count). The van der Waals surface area contributed by atoms with Gasteiger partial charge < -0.3 is 5.11 Å². The van der Waals surface area contributed by atoms with Crippen LogP contribution < -0.4 is 0 Å². The van der Waals surface area contributed by atoms with E-state index in [9.17, 15) is 9.50 Å². The highest BCUT2D eigenvalue weighted by atomic mass is 35.5. The predicted molar refractivity (Wildman–Crippen MR) is 80.6 cm³/mol. The van der Waals surface area contributed by atoms with Gasteiger partial charge in [0.2, 0.25) is 0 Å². The number of aliphatic hydroxyl groups excluding tert-OH is 1. The van der Waals surface area contributed by atoms with E-state index in [1.165, 1.54) is 18.2 Å². The normalized spacial score (nSPS) is 14.0. The van der Waals surface area contributed by atoms with E-state index in [1.54, 1.807) is 0 Å². The van der Waals surface area contributed by atoms with Crippen molar-refractivity contribution in [3.05, 3.63) is 70.5 Å². The van der Waals surface area contributed by atoms with Gasteiger partial charge in [0, 0.05) is 17.4 Å². The number of benzene rings is 2. The van der Waals surface area contributed by atoms with Gasteiger partial charge in [-0.15, -0.1) is 0 Å². The second kappa shape index (κ2) is 6.87. The maximum atomic E-state index is 13.3. The first kappa shape index (κ1) is 15.0. The average Bonchev–Trinajstić information content (AvgIpc) is 2.45. The smallest absolute Gasteiger partial charge is 0.123 e. The fourth-order valence-electron chi connectivity index (χ4n) is 2.50. The van der Waals surface area contributed by atoms with Crippen molar-refractivity contribution in [2.45, 2.75) is 31.8 Å². The molecule has 0 saturated heterocycles. The molecule has 1 N–H and O–H groups in total. The molecule has 0 bridgehead atoms. The lowest BCUT2D eigenvalue weighted by atomic mass is 9.88. The van der Waals surface area contributed by atoms with Crippen molar-refractivity contribution >= 4 is 11.6 Å². The molecule has 0 saturated carbocycles. The summed E-state index contributed by atoms with van der Waals surface area (Å²) < 4.78 is 13.3. The lowest BCUT2D eigenvalue weighted by Crippen LogP contribution is -2.21. The Morgan fingerprint density at radius 2 is 1.85 bits per heavy atom. The van der Waals surface area contributed by atoms with Crippen LogP contribution in [0.25, 0.3) is 0 Å². The zero-order valence-electron chi connectivity index (χ0n) is 11.4. The van der Waals surface area contributed by atoms with Crippen molar-refractivity contribution in [2.24, 2.45) is 0 Å². The Hall–Kier alpha value is -1.38. The molecule has 2 aromatic rings. The maximum Gasteiger partial charge on any atom is 0.123 e. The summed E-state index contributed by atoms with van der Waals surface area (Å²) in [6.07, 6.45) is 0.587. The lowest BCUT2D eigenvalue weighted by Gasteiger charge is -2.22. The first-order chi connectivity index (χ1) is 9.61. The number of aliphatic hydroxyl groups is 1. The predicted octanol–water partition coefficient (Wildman–Crippen LogP) is 4.58. The summed E-state index contributed by atoms with van der Waals surface area (Å²) in [6.45, 7) is 2.04. The number of hydrogen-bond acceptors (Lipinski definition) is 1. The van der Waals surface area contributed by atoms with Crippen molar-refractivity contribution in [1.82, 2.24) is 0 Å². The Balaban J connectivity index is 2.17. The van der Waals surface area contributed by atoms with Crippen LogP contribution in [0.4, 0.5) is 4.39 Å². The summed E-state index contributed by atoms with van der Waals surface area (Å²) >= 11 is 6.06. The largest absolute Gasteiger partial charge is 0.392 e. The molecule has 1 nitrogen and oxygen atoms in total. The third-order valence-electron chi connectivity index (χ3n) is 3.57. The monoisotopic (exact) mass is 292 g/mol. The molecule has 20 heavy (non-hydrogen) atoms. The van der Waals surface area contributed by atoms with Gasteiger partial charge in [0.25, 0.3) is 0 Å². The van der Waals surface area contributed by atoms with Crippen LogP contribution >= 0.6 is 11.6 Å². The van der Waals surface area contributed by atoms with Crippen molar-refractivity contribution < 1.29 is 9.50 Å². The molecule has 0 aliphatic rings. The molecule has 0 aliphatic carbocycles. The highest BCUT2D eigenvalue weighted by Gasteiger charge is 2.20. The average molecular weight is 293 g/mol. The zero-order valence-corrected chi connectivity index (χ0v) is 12.1. The second-order valence-electron chi connectivity index (χ2n) is 4.93. The van der Waals surface area contributed by atoms with Gasteiger partial charge in [-0.25, -0.2) is 4.39 Å². The molecule has 2 unspecified atom stereocenters. The Morgan fingerprint density at radius 3 is 2.50 bits per heavy atom. The summed E-state index contributed by atoms with van der Waals surface area (Å²) in [6, 6.07) is 14.1. The van der Waals surface area contributed by atoms with Crippen LogP contribution in [-0.2, 0) is 6.42 Å². The topological polar surface area (TPSA) is 20.2 Å². The molecule has 0 radical (unpaired) electrons. The molecule has 0 fully saturated rings. The Bertz CT molecular complexity index is 556. The molecule has 0 spiro atoms. The fourth-order valence-corrected chi connectivity index (χ4v) is 2.69. The summed E-state index contributed by atoms with van der Waals surface area (Å²) in [7, 11) is 0. The number of rotatable bonds is 5. The van der Waals surface area contributed by atoms with Crippen LogP contribution in [0.5, 0.6) is 0 Å². The van der Waals surface area contributed by atoms with Crippen molar-refractivity contribution in [1.29, 1.82) is 0 Å². The van der Waals surface area contributed by atoms with E-state index < -0.39 is 6.10 Å². The number of halogens is 2. The number of hydrogen-bond donors (Lipinski definition) is 1. The summed E-state index contributed by atoms with van der Waals surface area (Å²) in [5.74, 6) is -0.306. The molecule has 0 amide bonds. The standard InChI is InChI=1S/C17H18ClFO/c1-2-15(12-6-4-3-5-7-12)17(20)11-13-10-14(19)8-9-16(13)18/h3-10,15,17,20H,2,11H2,1H3. The van der Waals surface area contributed by atoms with Gasteiger partial charge in [-0.2, -0.15) is 0 Å². The molecule has 2 aromatic carbocycles. The minimum absolute atomic E-state index is 0.0236. The van der Waals surface area contributed by atoms with Crippen LogP contribution in [0.2, 0.25) is 5.02 Å². The summed E-state index contributed by atoms with van der Waals surface area (Å²) in [4.78, 5) is 0. The van der Waals surface area contributed by atoms with E-state index >= 15 is 0 Å². The highest BCUT2D eigenvalue weighted by Crippen LogP contribution is 2.27. The highest BCUT2D eigenvalue weighted by molar-refractivity contribution is 6.31. The molecule has 106 valence electrons. The van der Waals surface area contributed by atoms with E-state index in [1.807, 2.05) is 37.3 Å². The van der Waals surface area contributed by atoms with Gasteiger partial charge >= 0.3 is 0 Å². The molecule has 2 atom stereocenters. The SMILES string of the molecule is CCC(c1ccccc1)C(O)Cc1cc(F)ccc1Cl. The van der Waals surface area contributed by atoms with E-state index in [4.69, 9.17) is 11.6 Å². The van der Waals surface area contributed by atoms with Crippen molar-refractivity contribution in [2.75, 3.05) is 0 Å². The maximum absolute atomic E-state index is 13.3. The minimum Gasteiger partial charge on any atom is -0.392 e. The molecular formula is C17H18ClFO. The minimum atomic E-state index is -0.582. The van der Waals surface area contributed by atoms with E-state index in [-0.39, 0.29) is 11.7 Å². The molecule has 3 heteroatoms. The molecule has 0 aliphatic heterocycles. The van der Waals surface area contributed by atoms with Gasteiger partial charge in [-0.05, 0) is 35.7 Å². The second-order valence-corrected chi connectivity index (χ2v) is 5.34. The fraction of sp³-hybridized carbons (Fsp3) is 0.294. The molecule has 0 aromatic heterocycles. The van der Waals surface area contributed by atoms with E-state index in [0.29, 0.717) is 17.0 Å². The van der Waals surface area contributed by atoms with Gasteiger partial charge in [0.15, 0.2) is 0 Å². The Labute approximate surface area is 124 Å². The first-order valence-corrected chi connectivity index (χ1v) is 7.16. The third kappa shape index (κ3) is 3.59. The lowest BCUT2D eigenvalue weighted by molar-refractivity contribution is 0.141. The summed E-state index contributed by atoms with van der Waals surface area (Å²) in [5.41, 5.74) is 1.74. The van der Waals surface area contributed by atoms with Crippen molar-refractivity contribution in [3.63, 3.8) is 0 Å². The summed E-state index contributed by atoms with van der Waals surface area (Å²) in [5, 5.41) is 10.9. The van der Waals surface area contributed by atoms with Crippen molar-refractivity contribution in [3.8, 4) is 0 Å². The first-order valence-electron chi connectivity index (χ1n) is 6.78. The van der Waals surface area contributed by atoms with Crippen LogP contribution in [0.3, 0.4) is 0 Å². The third-order valence-corrected chi connectivity index (χ3v) is 3.94. The van der Waals surface area contributed by atoms with Gasteiger partial charge in [0.1, 0.15) is 5.82 Å². The van der Waals surface area contributed by atoms with Crippen LogP contribution in [0, 0.1) is 5.82 Å². The Morgan fingerprint density at radius 1 is 1.15 bits per heavy atom. The van der Waals surface area contributed by atoms with Gasteiger partial charge in [-0.3, -0.25) is 0 Å². The Kier molecular flexibility index (Phi) is 5.16. The molecule has 0 heterocycles. The van der Waals surface area contributed by atoms with E-state index in [0.717, 1.165) is 12.0 Å². The van der Waals surface area contributed by atoms with Gasteiger partial charge in [0.05, 0.1) is 6.10 Å². The van der Waals surface area contributed by atoms with Crippen LogP contribution in [0.15, 0.2) is 48.5 Å². The van der Waals surface area contributed by atoms with Gasteiger partial charge in [-0.1, -0.05) is 48.9 Å². The van der Waals surface area contributed by atoms with Crippen LogP contribution in [-0.4, -0.2) is 11.2 Å².